The van der Waals surface area contributed by atoms with E-state index in [4.69, 9.17) is 4.74 Å². The van der Waals surface area contributed by atoms with Crippen molar-refractivity contribution in [1.82, 2.24) is 24.4 Å². The highest BCUT2D eigenvalue weighted by atomic mass is 16.6. The molecule has 9 nitrogen and oxygen atoms in total. The summed E-state index contributed by atoms with van der Waals surface area (Å²) in [6.45, 7) is 11.5. The molecule has 174 valence electrons. The zero-order valence-electron chi connectivity index (χ0n) is 19.6. The van der Waals surface area contributed by atoms with Crippen molar-refractivity contribution in [3.8, 4) is 0 Å². The van der Waals surface area contributed by atoms with Gasteiger partial charge >= 0.3 is 6.09 Å². The van der Waals surface area contributed by atoms with E-state index in [9.17, 15) is 14.4 Å². The number of amides is 2. The maximum Gasteiger partial charge on any atom is 0.410 e. The maximum atomic E-state index is 13.3. The lowest BCUT2D eigenvalue weighted by atomic mass is 9.93. The predicted molar refractivity (Wildman–Crippen MR) is 120 cm³/mol. The van der Waals surface area contributed by atoms with Crippen LogP contribution < -0.4 is 5.56 Å². The first-order chi connectivity index (χ1) is 15.0. The molecule has 0 radical (unpaired) electrons. The molecular weight excluding hydrogens is 410 g/mol. The van der Waals surface area contributed by atoms with Crippen LogP contribution in [-0.4, -0.2) is 67.2 Å². The van der Waals surface area contributed by atoms with Crippen LogP contribution in [0.15, 0.2) is 17.1 Å². The third kappa shape index (κ3) is 4.25. The third-order valence-electron chi connectivity index (χ3n) is 6.48. The van der Waals surface area contributed by atoms with Crippen LogP contribution in [0, 0.1) is 0 Å². The van der Waals surface area contributed by atoms with E-state index in [0.29, 0.717) is 43.7 Å². The number of H-pyrrole nitrogens is 1. The van der Waals surface area contributed by atoms with Crippen molar-refractivity contribution in [2.24, 2.45) is 0 Å². The zero-order valence-corrected chi connectivity index (χ0v) is 19.6. The monoisotopic (exact) mass is 443 g/mol. The molecule has 2 amide bonds. The largest absolute Gasteiger partial charge is 0.444 e. The molecular formula is C23H33N5O4. The zero-order chi connectivity index (χ0) is 23.3. The van der Waals surface area contributed by atoms with E-state index >= 15 is 0 Å². The molecule has 0 aromatic carbocycles. The van der Waals surface area contributed by atoms with Gasteiger partial charge < -0.3 is 19.5 Å². The summed E-state index contributed by atoms with van der Waals surface area (Å²) >= 11 is 0. The Labute approximate surface area is 187 Å². The van der Waals surface area contributed by atoms with Crippen molar-refractivity contribution >= 4 is 17.6 Å². The SMILES string of the molecule is CC(C)(C)OC(=O)N1CCC(c2cc(=O)[nH]c3c(C(=O)N4CCCC4(C)C)cnn23)CC1. The van der Waals surface area contributed by atoms with E-state index < -0.39 is 5.60 Å². The van der Waals surface area contributed by atoms with Crippen LogP contribution in [0.25, 0.3) is 5.65 Å². The van der Waals surface area contributed by atoms with Crippen molar-refractivity contribution in [2.45, 2.75) is 77.4 Å². The average Bonchev–Trinajstić information content (AvgIpc) is 3.28. The lowest BCUT2D eigenvalue weighted by Crippen LogP contribution is -2.42. The molecule has 4 rings (SSSR count). The van der Waals surface area contributed by atoms with E-state index in [1.165, 1.54) is 0 Å². The Morgan fingerprint density at radius 1 is 1.19 bits per heavy atom. The van der Waals surface area contributed by atoms with E-state index in [2.05, 4.69) is 23.9 Å². The molecule has 0 atom stereocenters. The summed E-state index contributed by atoms with van der Waals surface area (Å²) in [4.78, 5) is 44.5. The number of nitrogens with one attached hydrogen (secondary N) is 1. The van der Waals surface area contributed by atoms with Gasteiger partial charge in [0.05, 0.1) is 11.9 Å². The fraction of sp³-hybridized carbons (Fsp3) is 0.652. The minimum absolute atomic E-state index is 0.0598. The predicted octanol–water partition coefficient (Wildman–Crippen LogP) is 3.15. The lowest BCUT2D eigenvalue weighted by Gasteiger charge is -2.33. The van der Waals surface area contributed by atoms with Crippen LogP contribution in [0.3, 0.4) is 0 Å². The van der Waals surface area contributed by atoms with Gasteiger partial charge in [-0.2, -0.15) is 5.10 Å². The van der Waals surface area contributed by atoms with Gasteiger partial charge in [0.25, 0.3) is 11.5 Å². The Balaban J connectivity index is 1.57. The molecule has 0 bridgehead atoms. The molecule has 2 aromatic rings. The smallest absolute Gasteiger partial charge is 0.410 e. The van der Waals surface area contributed by atoms with Gasteiger partial charge in [0, 0.05) is 37.2 Å². The Morgan fingerprint density at radius 3 is 2.47 bits per heavy atom. The number of nitrogens with zero attached hydrogens (tertiary/aromatic N) is 4. The molecule has 2 saturated heterocycles. The summed E-state index contributed by atoms with van der Waals surface area (Å²) in [5.41, 5.74) is 0.636. The second kappa shape index (κ2) is 7.94. The second-order valence-electron chi connectivity index (χ2n) is 10.5. The van der Waals surface area contributed by atoms with E-state index in [-0.39, 0.29) is 29.0 Å². The Morgan fingerprint density at radius 2 is 1.88 bits per heavy atom. The highest BCUT2D eigenvalue weighted by Gasteiger charge is 2.37. The number of aromatic nitrogens is 3. The minimum atomic E-state index is -0.533. The molecule has 0 saturated carbocycles. The topological polar surface area (TPSA) is 100 Å². The van der Waals surface area contributed by atoms with Crippen molar-refractivity contribution in [3.05, 3.63) is 33.9 Å². The van der Waals surface area contributed by atoms with Crippen molar-refractivity contribution in [2.75, 3.05) is 19.6 Å². The van der Waals surface area contributed by atoms with Crippen molar-refractivity contribution in [3.63, 3.8) is 0 Å². The average molecular weight is 444 g/mol. The Hall–Kier alpha value is -2.84. The first-order valence-corrected chi connectivity index (χ1v) is 11.4. The molecule has 2 aliphatic heterocycles. The Bertz CT molecular complexity index is 1090. The van der Waals surface area contributed by atoms with Gasteiger partial charge in [-0.25, -0.2) is 9.31 Å². The van der Waals surface area contributed by atoms with Crippen molar-refractivity contribution < 1.29 is 14.3 Å². The van der Waals surface area contributed by atoms with Gasteiger partial charge in [-0.3, -0.25) is 9.59 Å². The lowest BCUT2D eigenvalue weighted by molar-refractivity contribution is 0.0203. The van der Waals surface area contributed by atoms with Crippen LogP contribution >= 0.6 is 0 Å². The summed E-state index contributed by atoms with van der Waals surface area (Å²) in [5, 5.41) is 4.47. The molecule has 9 heteroatoms. The molecule has 0 unspecified atom stereocenters. The summed E-state index contributed by atoms with van der Waals surface area (Å²) in [6, 6.07) is 1.56. The molecule has 2 aliphatic rings. The summed E-state index contributed by atoms with van der Waals surface area (Å²) in [6.07, 6.45) is 4.56. The number of piperidine rings is 1. The number of carbonyl (C=O) groups excluding carboxylic acids is 2. The highest BCUT2D eigenvalue weighted by molar-refractivity contribution is 6.00. The Kier molecular flexibility index (Phi) is 5.55. The van der Waals surface area contributed by atoms with E-state index in [1.54, 1.807) is 21.7 Å². The molecule has 2 fully saturated rings. The highest BCUT2D eigenvalue weighted by Crippen LogP contribution is 2.32. The van der Waals surface area contributed by atoms with E-state index in [1.807, 2.05) is 25.7 Å². The van der Waals surface area contributed by atoms with E-state index in [0.717, 1.165) is 18.5 Å². The van der Waals surface area contributed by atoms with Crippen LogP contribution in [0.5, 0.6) is 0 Å². The number of carbonyl (C=O) groups is 2. The standard InChI is InChI=1S/C23H33N5O4/c1-22(2,3)32-21(31)26-11-7-15(8-12-26)17-13-18(29)25-19-16(14-24-28(17)19)20(30)27-10-6-9-23(27,4)5/h13-15H,6-12H2,1-5H3,(H,25,29). The van der Waals surface area contributed by atoms with Gasteiger partial charge in [0.1, 0.15) is 16.8 Å². The van der Waals surface area contributed by atoms with Crippen molar-refractivity contribution in [1.29, 1.82) is 0 Å². The minimum Gasteiger partial charge on any atom is -0.444 e. The second-order valence-corrected chi connectivity index (χ2v) is 10.5. The van der Waals surface area contributed by atoms with Gasteiger partial charge in [0.2, 0.25) is 0 Å². The summed E-state index contributed by atoms with van der Waals surface area (Å²) in [7, 11) is 0. The van der Waals surface area contributed by atoms with Gasteiger partial charge in [-0.05, 0) is 60.3 Å². The number of hydrogen-bond acceptors (Lipinski definition) is 5. The molecule has 2 aromatic heterocycles. The van der Waals surface area contributed by atoms with Crippen LogP contribution in [0.4, 0.5) is 4.79 Å². The normalized spacial score (nSPS) is 19.5. The first-order valence-electron chi connectivity index (χ1n) is 11.4. The maximum absolute atomic E-state index is 13.3. The first kappa shape index (κ1) is 22.4. The quantitative estimate of drug-likeness (QED) is 0.769. The number of hydrogen-bond donors (Lipinski definition) is 1. The summed E-state index contributed by atoms with van der Waals surface area (Å²) in [5.74, 6) is -0.0420. The van der Waals surface area contributed by atoms with Crippen LogP contribution in [0.1, 0.15) is 82.3 Å². The third-order valence-corrected chi connectivity index (χ3v) is 6.48. The molecule has 4 heterocycles. The molecule has 1 N–H and O–H groups in total. The number of fused-ring (bicyclic) bond motifs is 1. The fourth-order valence-corrected chi connectivity index (χ4v) is 4.77. The summed E-state index contributed by atoms with van der Waals surface area (Å²) < 4.78 is 7.16. The number of likely N-dealkylation sites (tertiary alicyclic amines) is 2. The number of rotatable bonds is 2. The molecule has 0 spiro atoms. The van der Waals surface area contributed by atoms with Crippen LogP contribution in [-0.2, 0) is 4.74 Å². The molecule has 0 aliphatic carbocycles. The fourth-order valence-electron chi connectivity index (χ4n) is 4.77. The molecule has 32 heavy (non-hydrogen) atoms. The number of aromatic amines is 1. The van der Waals surface area contributed by atoms with Gasteiger partial charge in [0.15, 0.2) is 0 Å². The number of ether oxygens (including phenoxy) is 1. The van der Waals surface area contributed by atoms with Crippen LogP contribution in [0.2, 0.25) is 0 Å². The van der Waals surface area contributed by atoms with Gasteiger partial charge in [-0.15, -0.1) is 0 Å². The van der Waals surface area contributed by atoms with Gasteiger partial charge in [-0.1, -0.05) is 0 Å².